The highest BCUT2D eigenvalue weighted by molar-refractivity contribution is 6.00. The number of carbonyl (C=O) groups excluding carboxylic acids is 1. The molecular weight excluding hydrogens is 183 g/mol. The van der Waals surface area contributed by atoms with Gasteiger partial charge in [-0.05, 0) is 24.3 Å². The molecule has 0 amide bonds. The molecule has 1 aromatic heterocycles. The summed E-state index contributed by atoms with van der Waals surface area (Å²) in [4.78, 5) is 14.0. The van der Waals surface area contributed by atoms with Crippen LogP contribution in [0.4, 0.5) is 4.39 Å². The van der Waals surface area contributed by atoms with E-state index in [1.165, 1.54) is 12.1 Å². The lowest BCUT2D eigenvalue weighted by atomic mass is 10.2. The molecular formula is C10H9FN2O. The van der Waals surface area contributed by atoms with E-state index in [0.717, 1.165) is 5.39 Å². The fourth-order valence-corrected chi connectivity index (χ4v) is 1.36. The second-order valence-corrected chi connectivity index (χ2v) is 3.04. The van der Waals surface area contributed by atoms with Crippen molar-refractivity contribution in [1.29, 1.82) is 0 Å². The number of aromatic amines is 1. The van der Waals surface area contributed by atoms with Crippen LogP contribution in [0.3, 0.4) is 0 Å². The molecule has 0 radical (unpaired) electrons. The van der Waals surface area contributed by atoms with Gasteiger partial charge in [0.15, 0.2) is 5.78 Å². The van der Waals surface area contributed by atoms with Crippen LogP contribution in [0.25, 0.3) is 10.9 Å². The van der Waals surface area contributed by atoms with Gasteiger partial charge >= 0.3 is 0 Å². The van der Waals surface area contributed by atoms with Gasteiger partial charge in [0.25, 0.3) is 0 Å². The molecule has 0 atom stereocenters. The van der Waals surface area contributed by atoms with Crippen molar-refractivity contribution >= 4 is 16.7 Å². The second kappa shape index (κ2) is 3.23. The Hall–Kier alpha value is -1.68. The van der Waals surface area contributed by atoms with E-state index in [-0.39, 0.29) is 18.1 Å². The normalized spacial score (nSPS) is 10.7. The second-order valence-electron chi connectivity index (χ2n) is 3.04. The SMILES string of the molecule is NCC(=O)c1cc2ccc(F)cc2[nH]1. The van der Waals surface area contributed by atoms with Crippen LogP contribution in [0.5, 0.6) is 0 Å². The minimum atomic E-state index is -0.328. The lowest BCUT2D eigenvalue weighted by molar-refractivity contribution is 0.0997. The first-order valence-corrected chi connectivity index (χ1v) is 4.22. The van der Waals surface area contributed by atoms with Gasteiger partial charge in [0, 0.05) is 10.9 Å². The Morgan fingerprint density at radius 1 is 1.43 bits per heavy atom. The number of nitrogens with one attached hydrogen (secondary N) is 1. The molecule has 14 heavy (non-hydrogen) atoms. The zero-order valence-electron chi connectivity index (χ0n) is 7.38. The molecule has 0 unspecified atom stereocenters. The van der Waals surface area contributed by atoms with Crippen molar-refractivity contribution < 1.29 is 9.18 Å². The Balaban J connectivity index is 2.56. The predicted molar refractivity (Wildman–Crippen MR) is 51.6 cm³/mol. The van der Waals surface area contributed by atoms with Crippen LogP contribution in [0.15, 0.2) is 24.3 Å². The fourth-order valence-electron chi connectivity index (χ4n) is 1.36. The highest BCUT2D eigenvalue weighted by atomic mass is 19.1. The summed E-state index contributed by atoms with van der Waals surface area (Å²) in [6, 6.07) is 5.99. The number of rotatable bonds is 2. The molecule has 0 bridgehead atoms. The maximum atomic E-state index is 12.8. The molecule has 3 nitrogen and oxygen atoms in total. The van der Waals surface area contributed by atoms with Gasteiger partial charge in [0.2, 0.25) is 0 Å². The molecule has 1 aromatic carbocycles. The van der Waals surface area contributed by atoms with E-state index >= 15 is 0 Å². The Kier molecular flexibility index (Phi) is 2.05. The Morgan fingerprint density at radius 2 is 2.21 bits per heavy atom. The van der Waals surface area contributed by atoms with E-state index in [2.05, 4.69) is 4.98 Å². The summed E-state index contributed by atoms with van der Waals surface area (Å²) in [7, 11) is 0. The van der Waals surface area contributed by atoms with Crippen LogP contribution < -0.4 is 5.73 Å². The third-order valence-corrected chi connectivity index (χ3v) is 2.07. The van der Waals surface area contributed by atoms with Crippen molar-refractivity contribution in [3.8, 4) is 0 Å². The quantitative estimate of drug-likeness (QED) is 0.707. The summed E-state index contributed by atoms with van der Waals surface area (Å²) >= 11 is 0. The van der Waals surface area contributed by atoms with Gasteiger partial charge in [-0.15, -0.1) is 0 Å². The van der Waals surface area contributed by atoms with Crippen LogP contribution >= 0.6 is 0 Å². The molecule has 0 saturated carbocycles. The van der Waals surface area contributed by atoms with Crippen molar-refractivity contribution in [2.45, 2.75) is 0 Å². The third kappa shape index (κ3) is 1.40. The number of hydrogen-bond donors (Lipinski definition) is 2. The number of fused-ring (bicyclic) bond motifs is 1. The smallest absolute Gasteiger partial charge is 0.192 e. The van der Waals surface area contributed by atoms with E-state index in [4.69, 9.17) is 5.73 Å². The van der Waals surface area contributed by atoms with Crippen molar-refractivity contribution in [2.75, 3.05) is 6.54 Å². The van der Waals surface area contributed by atoms with E-state index in [9.17, 15) is 9.18 Å². The first-order valence-electron chi connectivity index (χ1n) is 4.22. The van der Waals surface area contributed by atoms with Crippen LogP contribution in [-0.4, -0.2) is 17.3 Å². The molecule has 3 N–H and O–H groups in total. The predicted octanol–water partition coefficient (Wildman–Crippen LogP) is 1.45. The topological polar surface area (TPSA) is 58.9 Å². The van der Waals surface area contributed by atoms with Crippen LogP contribution in [-0.2, 0) is 0 Å². The highest BCUT2D eigenvalue weighted by Gasteiger charge is 2.07. The molecule has 0 aliphatic heterocycles. The molecule has 72 valence electrons. The summed E-state index contributed by atoms with van der Waals surface area (Å²) in [5, 5.41) is 0.809. The van der Waals surface area contributed by atoms with E-state index in [0.29, 0.717) is 11.2 Å². The van der Waals surface area contributed by atoms with Crippen molar-refractivity contribution in [3.05, 3.63) is 35.8 Å². The molecule has 0 spiro atoms. The maximum absolute atomic E-state index is 12.8. The number of H-pyrrole nitrogens is 1. The fraction of sp³-hybridized carbons (Fsp3) is 0.100. The summed E-state index contributed by atoms with van der Waals surface area (Å²) in [6.45, 7) is -0.0463. The summed E-state index contributed by atoms with van der Waals surface area (Å²) in [6.07, 6.45) is 0. The van der Waals surface area contributed by atoms with Gasteiger partial charge in [0.05, 0.1) is 12.2 Å². The average Bonchev–Trinajstić information content (AvgIpc) is 2.59. The van der Waals surface area contributed by atoms with E-state index in [1.807, 2.05) is 0 Å². The number of ketones is 1. The van der Waals surface area contributed by atoms with Gasteiger partial charge in [-0.3, -0.25) is 4.79 Å². The number of hydrogen-bond acceptors (Lipinski definition) is 2. The largest absolute Gasteiger partial charge is 0.352 e. The number of benzene rings is 1. The zero-order valence-corrected chi connectivity index (χ0v) is 7.38. The molecule has 0 aliphatic rings. The zero-order chi connectivity index (χ0) is 10.1. The number of aromatic nitrogens is 1. The lowest BCUT2D eigenvalue weighted by Crippen LogP contribution is -2.13. The van der Waals surface area contributed by atoms with Gasteiger partial charge in [-0.2, -0.15) is 0 Å². The molecule has 0 saturated heterocycles. The number of Topliss-reactive ketones (excluding diaryl/α,β-unsaturated/α-hetero) is 1. The Bertz CT molecular complexity index is 490. The third-order valence-electron chi connectivity index (χ3n) is 2.07. The number of carbonyl (C=O) groups is 1. The van der Waals surface area contributed by atoms with Gasteiger partial charge in [-0.1, -0.05) is 0 Å². The van der Waals surface area contributed by atoms with Gasteiger partial charge in [-0.25, -0.2) is 4.39 Å². The highest BCUT2D eigenvalue weighted by Crippen LogP contribution is 2.16. The standard InChI is InChI=1S/C10H9FN2O/c11-7-2-1-6-3-9(10(14)5-12)13-8(6)4-7/h1-4,13H,5,12H2. The lowest BCUT2D eigenvalue weighted by Gasteiger charge is -1.90. The first-order chi connectivity index (χ1) is 6.70. The monoisotopic (exact) mass is 192 g/mol. The summed E-state index contributed by atoms with van der Waals surface area (Å²) in [5.74, 6) is -0.507. The molecule has 1 heterocycles. The average molecular weight is 192 g/mol. The number of halogens is 1. The summed E-state index contributed by atoms with van der Waals surface area (Å²) < 4.78 is 12.8. The molecule has 4 heteroatoms. The Morgan fingerprint density at radius 3 is 2.93 bits per heavy atom. The molecule has 2 rings (SSSR count). The first kappa shape index (κ1) is 8.90. The van der Waals surface area contributed by atoms with Crippen LogP contribution in [0, 0.1) is 5.82 Å². The minimum absolute atomic E-state index is 0.0463. The Labute approximate surface area is 79.7 Å². The van der Waals surface area contributed by atoms with Crippen molar-refractivity contribution in [2.24, 2.45) is 5.73 Å². The van der Waals surface area contributed by atoms with E-state index < -0.39 is 0 Å². The molecule has 0 aliphatic carbocycles. The van der Waals surface area contributed by atoms with Crippen molar-refractivity contribution in [1.82, 2.24) is 4.98 Å². The molecule has 2 aromatic rings. The maximum Gasteiger partial charge on any atom is 0.192 e. The minimum Gasteiger partial charge on any atom is -0.352 e. The number of nitrogens with two attached hydrogens (primary N) is 1. The molecule has 0 fully saturated rings. The summed E-state index contributed by atoms with van der Waals surface area (Å²) in [5.41, 5.74) is 6.25. The van der Waals surface area contributed by atoms with Crippen LogP contribution in [0.1, 0.15) is 10.5 Å². The van der Waals surface area contributed by atoms with Gasteiger partial charge < -0.3 is 10.7 Å². The van der Waals surface area contributed by atoms with E-state index in [1.54, 1.807) is 12.1 Å². The van der Waals surface area contributed by atoms with Crippen LogP contribution in [0.2, 0.25) is 0 Å². The van der Waals surface area contributed by atoms with Gasteiger partial charge in [0.1, 0.15) is 5.82 Å². The van der Waals surface area contributed by atoms with Crippen molar-refractivity contribution in [3.63, 3.8) is 0 Å².